The predicted octanol–water partition coefficient (Wildman–Crippen LogP) is 4.97. The van der Waals surface area contributed by atoms with Crippen molar-refractivity contribution in [1.82, 2.24) is 0 Å². The quantitative estimate of drug-likeness (QED) is 0.586. The highest BCUT2D eigenvalue weighted by Crippen LogP contribution is 2.36. The fraction of sp³-hybridized carbons (Fsp3) is 0.647. The first-order valence-corrected chi connectivity index (χ1v) is 8.29. The third-order valence-electron chi connectivity index (χ3n) is 3.30. The molecule has 0 amide bonds. The highest BCUT2D eigenvalue weighted by atomic mass is 35.5. The largest absolute Gasteiger partial charge is 0.490 e. The summed E-state index contributed by atoms with van der Waals surface area (Å²) in [7, 11) is 0. The first-order valence-electron chi connectivity index (χ1n) is 7.91. The van der Waals surface area contributed by atoms with E-state index >= 15 is 0 Å². The van der Waals surface area contributed by atoms with Gasteiger partial charge in [0, 0.05) is 0 Å². The molecule has 0 atom stereocenters. The Hall–Kier alpha value is -0.930. The zero-order valence-electron chi connectivity index (χ0n) is 13.2. The number of hydrogen-bond acceptors (Lipinski definition) is 3. The summed E-state index contributed by atoms with van der Waals surface area (Å²) in [5.74, 6) is 1.20. The van der Waals surface area contributed by atoms with Gasteiger partial charge in [0.05, 0.1) is 24.8 Å². The van der Waals surface area contributed by atoms with Crippen molar-refractivity contribution in [3.63, 3.8) is 0 Å². The summed E-state index contributed by atoms with van der Waals surface area (Å²) in [6, 6.07) is 3.51. The van der Waals surface area contributed by atoms with Gasteiger partial charge in [0.2, 0.25) is 0 Å². The third-order valence-corrected chi connectivity index (χ3v) is 3.58. The fourth-order valence-electron chi connectivity index (χ4n) is 2.17. The predicted molar refractivity (Wildman–Crippen MR) is 87.4 cm³/mol. The van der Waals surface area contributed by atoms with Gasteiger partial charge in [0.25, 0.3) is 0 Å². The van der Waals surface area contributed by atoms with Crippen LogP contribution in [0.15, 0.2) is 12.1 Å². The van der Waals surface area contributed by atoms with Crippen molar-refractivity contribution in [3.05, 3.63) is 22.7 Å². The number of aliphatic hydroxyl groups is 1. The van der Waals surface area contributed by atoms with Crippen LogP contribution >= 0.6 is 11.6 Å². The van der Waals surface area contributed by atoms with Crippen LogP contribution in [0, 0.1) is 0 Å². The zero-order valence-corrected chi connectivity index (χ0v) is 13.9. The first-order chi connectivity index (χ1) is 10.2. The monoisotopic (exact) mass is 314 g/mol. The molecule has 1 rings (SSSR count). The van der Waals surface area contributed by atoms with Crippen molar-refractivity contribution in [1.29, 1.82) is 0 Å². The molecule has 3 nitrogen and oxygen atoms in total. The number of unbranched alkanes of at least 4 members (excludes halogenated alkanes) is 5. The molecule has 0 spiro atoms. The number of hydrogen-bond donors (Lipinski definition) is 1. The molecule has 0 saturated carbocycles. The number of benzene rings is 1. The molecule has 1 aromatic rings. The van der Waals surface area contributed by atoms with Crippen LogP contribution in [-0.2, 0) is 6.61 Å². The van der Waals surface area contributed by atoms with Gasteiger partial charge in [-0.05, 0) is 31.0 Å². The Morgan fingerprint density at radius 2 is 1.71 bits per heavy atom. The zero-order chi connectivity index (χ0) is 15.5. The molecule has 0 radical (unpaired) electrons. The van der Waals surface area contributed by atoms with Gasteiger partial charge >= 0.3 is 0 Å². The first kappa shape index (κ1) is 18.1. The minimum atomic E-state index is -0.0580. The Labute approximate surface area is 133 Å². The Morgan fingerprint density at radius 3 is 2.38 bits per heavy atom. The van der Waals surface area contributed by atoms with Crippen LogP contribution in [0.25, 0.3) is 0 Å². The summed E-state index contributed by atoms with van der Waals surface area (Å²) in [6.45, 7) is 5.26. The lowest BCUT2D eigenvalue weighted by atomic mass is 10.1. The van der Waals surface area contributed by atoms with Crippen molar-refractivity contribution in [2.24, 2.45) is 0 Å². The maximum Gasteiger partial charge on any atom is 0.179 e. The highest BCUT2D eigenvalue weighted by molar-refractivity contribution is 6.32. The molecule has 0 aliphatic heterocycles. The van der Waals surface area contributed by atoms with Crippen molar-refractivity contribution in [3.8, 4) is 11.5 Å². The van der Waals surface area contributed by atoms with E-state index in [1.54, 1.807) is 12.1 Å². The number of ether oxygens (including phenoxy) is 2. The maximum absolute atomic E-state index is 9.21. The number of halogens is 1. The van der Waals surface area contributed by atoms with Crippen LogP contribution in [0.2, 0.25) is 5.02 Å². The smallest absolute Gasteiger partial charge is 0.179 e. The molecular weight excluding hydrogens is 288 g/mol. The van der Waals surface area contributed by atoms with Gasteiger partial charge in [-0.15, -0.1) is 0 Å². The van der Waals surface area contributed by atoms with E-state index < -0.39 is 0 Å². The molecule has 0 fully saturated rings. The second-order valence-corrected chi connectivity index (χ2v) is 5.52. The molecule has 0 bridgehead atoms. The van der Waals surface area contributed by atoms with Gasteiger partial charge in [-0.1, -0.05) is 50.6 Å². The molecule has 0 aromatic heterocycles. The molecule has 0 unspecified atom stereocenters. The van der Waals surface area contributed by atoms with Gasteiger partial charge < -0.3 is 14.6 Å². The minimum absolute atomic E-state index is 0.0580. The molecule has 120 valence electrons. The van der Waals surface area contributed by atoms with Crippen LogP contribution in [0.3, 0.4) is 0 Å². The van der Waals surface area contributed by atoms with E-state index in [2.05, 4.69) is 6.92 Å². The number of aliphatic hydroxyl groups excluding tert-OH is 1. The van der Waals surface area contributed by atoms with Crippen molar-refractivity contribution in [2.75, 3.05) is 13.2 Å². The minimum Gasteiger partial charge on any atom is -0.490 e. The summed E-state index contributed by atoms with van der Waals surface area (Å²) in [5, 5.41) is 9.70. The second-order valence-electron chi connectivity index (χ2n) is 5.11. The van der Waals surface area contributed by atoms with E-state index in [9.17, 15) is 5.11 Å². The van der Waals surface area contributed by atoms with Gasteiger partial charge in [0.15, 0.2) is 11.5 Å². The summed E-state index contributed by atoms with van der Waals surface area (Å²) in [4.78, 5) is 0. The van der Waals surface area contributed by atoms with Crippen molar-refractivity contribution < 1.29 is 14.6 Å². The fourth-order valence-corrected chi connectivity index (χ4v) is 2.46. The molecule has 1 N–H and O–H groups in total. The van der Waals surface area contributed by atoms with E-state index in [0.717, 1.165) is 12.0 Å². The maximum atomic E-state index is 9.21. The lowest BCUT2D eigenvalue weighted by molar-refractivity contribution is 0.265. The lowest BCUT2D eigenvalue weighted by Gasteiger charge is -2.14. The summed E-state index contributed by atoms with van der Waals surface area (Å²) < 4.78 is 11.3. The molecule has 0 aliphatic rings. The van der Waals surface area contributed by atoms with Crippen LogP contribution < -0.4 is 9.47 Å². The average Bonchev–Trinajstić information content (AvgIpc) is 2.48. The Bertz CT molecular complexity index is 407. The molecule has 0 saturated heterocycles. The van der Waals surface area contributed by atoms with Crippen molar-refractivity contribution >= 4 is 11.6 Å². The Morgan fingerprint density at radius 1 is 1.00 bits per heavy atom. The van der Waals surface area contributed by atoms with Gasteiger partial charge in [-0.2, -0.15) is 0 Å². The molecule has 21 heavy (non-hydrogen) atoms. The Kier molecular flexibility index (Phi) is 9.27. The van der Waals surface area contributed by atoms with Gasteiger partial charge in [0.1, 0.15) is 0 Å². The molecule has 1 aromatic carbocycles. The topological polar surface area (TPSA) is 38.7 Å². The lowest BCUT2D eigenvalue weighted by Crippen LogP contribution is -2.02. The molecule has 4 heteroatoms. The second kappa shape index (κ2) is 10.7. The SMILES string of the molecule is CCCCCCCCOc1c(Cl)cc(CO)cc1OCC. The standard InChI is InChI=1S/C17H27ClO3/c1-3-5-6-7-8-9-10-21-17-15(18)11-14(13-19)12-16(17)20-4-2/h11-12,19H,3-10,13H2,1-2H3. The van der Waals surface area contributed by atoms with Crippen LogP contribution in [0.1, 0.15) is 57.9 Å². The molecular formula is C17H27ClO3. The van der Waals surface area contributed by atoms with Crippen molar-refractivity contribution in [2.45, 2.75) is 59.0 Å². The van der Waals surface area contributed by atoms with Crippen LogP contribution in [-0.4, -0.2) is 18.3 Å². The van der Waals surface area contributed by atoms with E-state index in [0.29, 0.717) is 29.7 Å². The summed E-state index contributed by atoms with van der Waals surface area (Å²) >= 11 is 6.21. The molecule has 0 heterocycles. The van der Waals surface area contributed by atoms with E-state index in [1.165, 1.54) is 32.1 Å². The van der Waals surface area contributed by atoms with Gasteiger partial charge in [-0.3, -0.25) is 0 Å². The third kappa shape index (κ3) is 6.58. The Balaban J connectivity index is 2.49. The summed E-state index contributed by atoms with van der Waals surface area (Å²) in [6.07, 6.45) is 7.33. The van der Waals surface area contributed by atoms with E-state index in [1.807, 2.05) is 6.92 Å². The van der Waals surface area contributed by atoms with Gasteiger partial charge in [-0.25, -0.2) is 0 Å². The van der Waals surface area contributed by atoms with E-state index in [-0.39, 0.29) is 6.61 Å². The van der Waals surface area contributed by atoms with Crippen LogP contribution in [0.4, 0.5) is 0 Å². The number of rotatable bonds is 11. The summed E-state index contributed by atoms with van der Waals surface area (Å²) in [5.41, 5.74) is 0.732. The van der Waals surface area contributed by atoms with Crippen LogP contribution in [0.5, 0.6) is 11.5 Å². The highest BCUT2D eigenvalue weighted by Gasteiger charge is 2.12. The average molecular weight is 315 g/mol. The molecule has 0 aliphatic carbocycles. The van der Waals surface area contributed by atoms with E-state index in [4.69, 9.17) is 21.1 Å². The normalized spacial score (nSPS) is 10.7.